The molecule has 0 aromatic carbocycles. The molecule has 0 spiro atoms. The van der Waals surface area contributed by atoms with Gasteiger partial charge in [0.05, 0.1) is 0 Å². The highest BCUT2D eigenvalue weighted by atomic mass is 16.1. The van der Waals surface area contributed by atoms with Crippen molar-refractivity contribution in [1.29, 1.82) is 0 Å². The lowest BCUT2D eigenvalue weighted by atomic mass is 10.1. The van der Waals surface area contributed by atoms with Crippen LogP contribution in [0.4, 0.5) is 0 Å². The van der Waals surface area contributed by atoms with Crippen molar-refractivity contribution in [2.75, 3.05) is 32.7 Å². The van der Waals surface area contributed by atoms with Crippen molar-refractivity contribution >= 4 is 5.91 Å². The molecule has 0 aromatic rings. The first-order chi connectivity index (χ1) is 9.22. The zero-order valence-electron chi connectivity index (χ0n) is 12.5. The van der Waals surface area contributed by atoms with Crippen molar-refractivity contribution in [2.24, 2.45) is 11.7 Å². The van der Waals surface area contributed by atoms with E-state index in [9.17, 15) is 4.79 Å². The molecule has 1 aliphatic heterocycles. The molecule has 0 aliphatic carbocycles. The van der Waals surface area contributed by atoms with Crippen LogP contribution in [-0.4, -0.2) is 43.5 Å². The third-order valence-electron chi connectivity index (χ3n) is 3.77. The van der Waals surface area contributed by atoms with E-state index in [2.05, 4.69) is 17.1 Å². The van der Waals surface area contributed by atoms with Gasteiger partial charge >= 0.3 is 0 Å². The van der Waals surface area contributed by atoms with Gasteiger partial charge in [0.2, 0.25) is 5.91 Å². The highest BCUT2D eigenvalue weighted by Gasteiger charge is 2.13. The van der Waals surface area contributed by atoms with Crippen LogP contribution in [-0.2, 0) is 4.79 Å². The van der Waals surface area contributed by atoms with Crippen molar-refractivity contribution in [2.45, 2.75) is 51.9 Å². The van der Waals surface area contributed by atoms with Crippen molar-refractivity contribution in [3.05, 3.63) is 0 Å². The van der Waals surface area contributed by atoms with E-state index in [0.29, 0.717) is 12.3 Å². The number of nitrogens with two attached hydrogens (primary N) is 1. The maximum atomic E-state index is 11.6. The summed E-state index contributed by atoms with van der Waals surface area (Å²) in [6, 6.07) is 0. The fourth-order valence-electron chi connectivity index (χ4n) is 2.63. The minimum atomic E-state index is 0.197. The van der Waals surface area contributed by atoms with E-state index < -0.39 is 0 Å². The number of unbranched alkanes of at least 4 members (excludes halogenated alkanes) is 2. The molecule has 0 bridgehead atoms. The standard InChI is InChI=1S/C15H31N3O/c1-14(13-18-10-6-3-7-11-18)12-17-15(19)8-4-2-5-9-16/h14H,2-13,16H2,1H3,(H,17,19). The Morgan fingerprint density at radius 1 is 1.21 bits per heavy atom. The van der Waals surface area contributed by atoms with Gasteiger partial charge in [-0.2, -0.15) is 0 Å². The largest absolute Gasteiger partial charge is 0.356 e. The Hall–Kier alpha value is -0.610. The SMILES string of the molecule is CC(CNC(=O)CCCCCN)CN1CCCCC1. The number of piperidine rings is 1. The van der Waals surface area contributed by atoms with Crippen LogP contribution in [0.5, 0.6) is 0 Å². The Morgan fingerprint density at radius 2 is 1.95 bits per heavy atom. The monoisotopic (exact) mass is 269 g/mol. The van der Waals surface area contributed by atoms with Crippen molar-refractivity contribution in [3.8, 4) is 0 Å². The summed E-state index contributed by atoms with van der Waals surface area (Å²) in [5.74, 6) is 0.744. The molecule has 1 fully saturated rings. The number of carbonyl (C=O) groups is 1. The van der Waals surface area contributed by atoms with Crippen LogP contribution in [0.25, 0.3) is 0 Å². The van der Waals surface area contributed by atoms with Crippen LogP contribution in [0.2, 0.25) is 0 Å². The van der Waals surface area contributed by atoms with Crippen molar-refractivity contribution < 1.29 is 4.79 Å². The summed E-state index contributed by atoms with van der Waals surface area (Å²) in [6.45, 7) is 7.35. The number of hydrogen-bond donors (Lipinski definition) is 2. The fourth-order valence-corrected chi connectivity index (χ4v) is 2.63. The van der Waals surface area contributed by atoms with Gasteiger partial charge < -0.3 is 16.0 Å². The van der Waals surface area contributed by atoms with Gasteiger partial charge in [-0.25, -0.2) is 0 Å². The molecule has 0 radical (unpaired) electrons. The first-order valence-corrected chi connectivity index (χ1v) is 7.91. The molecule has 1 heterocycles. The van der Waals surface area contributed by atoms with Crippen LogP contribution in [0.3, 0.4) is 0 Å². The fraction of sp³-hybridized carbons (Fsp3) is 0.933. The van der Waals surface area contributed by atoms with E-state index in [0.717, 1.165) is 38.9 Å². The summed E-state index contributed by atoms with van der Waals surface area (Å²) in [4.78, 5) is 14.2. The molecule has 1 rings (SSSR count). The summed E-state index contributed by atoms with van der Waals surface area (Å²) >= 11 is 0. The van der Waals surface area contributed by atoms with Crippen molar-refractivity contribution in [3.63, 3.8) is 0 Å². The lowest BCUT2D eigenvalue weighted by Crippen LogP contribution is -2.38. The average molecular weight is 269 g/mol. The Balaban J connectivity index is 2.01. The highest BCUT2D eigenvalue weighted by molar-refractivity contribution is 5.75. The maximum absolute atomic E-state index is 11.6. The number of nitrogens with one attached hydrogen (secondary N) is 1. The van der Waals surface area contributed by atoms with Gasteiger partial charge in [0.1, 0.15) is 0 Å². The van der Waals surface area contributed by atoms with E-state index in [1.165, 1.54) is 32.4 Å². The normalized spacial score (nSPS) is 18.2. The van der Waals surface area contributed by atoms with E-state index in [1.807, 2.05) is 0 Å². The second kappa shape index (κ2) is 10.2. The third kappa shape index (κ3) is 8.22. The number of nitrogens with zero attached hydrogens (tertiary/aromatic N) is 1. The quantitative estimate of drug-likeness (QED) is 0.627. The van der Waals surface area contributed by atoms with Gasteiger partial charge in [-0.3, -0.25) is 4.79 Å². The highest BCUT2D eigenvalue weighted by Crippen LogP contribution is 2.10. The molecule has 19 heavy (non-hydrogen) atoms. The molecule has 4 nitrogen and oxygen atoms in total. The predicted octanol–water partition coefficient (Wildman–Crippen LogP) is 1.74. The first kappa shape index (κ1) is 16.4. The number of amides is 1. The summed E-state index contributed by atoms with van der Waals surface area (Å²) in [6.07, 6.45) is 7.75. The number of hydrogen-bond acceptors (Lipinski definition) is 3. The summed E-state index contributed by atoms with van der Waals surface area (Å²) in [5, 5.41) is 3.05. The number of likely N-dealkylation sites (tertiary alicyclic amines) is 1. The van der Waals surface area contributed by atoms with E-state index in [-0.39, 0.29) is 5.91 Å². The minimum absolute atomic E-state index is 0.197. The summed E-state index contributed by atoms with van der Waals surface area (Å²) < 4.78 is 0. The predicted molar refractivity (Wildman–Crippen MR) is 80.0 cm³/mol. The van der Waals surface area contributed by atoms with Gasteiger partial charge in [0.15, 0.2) is 0 Å². The van der Waals surface area contributed by atoms with Gasteiger partial charge in [-0.05, 0) is 51.2 Å². The van der Waals surface area contributed by atoms with Crippen LogP contribution < -0.4 is 11.1 Å². The van der Waals surface area contributed by atoms with Gasteiger partial charge in [-0.1, -0.05) is 19.8 Å². The summed E-state index contributed by atoms with van der Waals surface area (Å²) in [5.41, 5.74) is 5.43. The maximum Gasteiger partial charge on any atom is 0.220 e. The number of carbonyl (C=O) groups excluding carboxylic acids is 1. The molecular formula is C15H31N3O. The van der Waals surface area contributed by atoms with Crippen molar-refractivity contribution in [1.82, 2.24) is 10.2 Å². The van der Waals surface area contributed by atoms with E-state index >= 15 is 0 Å². The molecule has 4 heteroatoms. The Morgan fingerprint density at radius 3 is 2.63 bits per heavy atom. The van der Waals surface area contributed by atoms with Gasteiger partial charge in [0.25, 0.3) is 0 Å². The lowest BCUT2D eigenvalue weighted by Gasteiger charge is -2.29. The van der Waals surface area contributed by atoms with Crippen LogP contribution in [0.15, 0.2) is 0 Å². The average Bonchev–Trinajstić information content (AvgIpc) is 2.42. The Bertz CT molecular complexity index is 240. The topological polar surface area (TPSA) is 58.4 Å². The van der Waals surface area contributed by atoms with E-state index in [1.54, 1.807) is 0 Å². The molecule has 0 saturated carbocycles. The lowest BCUT2D eigenvalue weighted by molar-refractivity contribution is -0.121. The van der Waals surface area contributed by atoms with E-state index in [4.69, 9.17) is 5.73 Å². The molecule has 1 atom stereocenters. The molecule has 1 aliphatic rings. The van der Waals surface area contributed by atoms with Gasteiger partial charge in [0, 0.05) is 19.5 Å². The Labute approximate surface area is 118 Å². The molecule has 1 saturated heterocycles. The third-order valence-corrected chi connectivity index (χ3v) is 3.77. The van der Waals surface area contributed by atoms with Crippen LogP contribution in [0, 0.1) is 5.92 Å². The summed E-state index contributed by atoms with van der Waals surface area (Å²) in [7, 11) is 0. The van der Waals surface area contributed by atoms with Crippen LogP contribution in [0.1, 0.15) is 51.9 Å². The molecule has 3 N–H and O–H groups in total. The molecule has 1 amide bonds. The van der Waals surface area contributed by atoms with Crippen LogP contribution >= 0.6 is 0 Å². The van der Waals surface area contributed by atoms with Gasteiger partial charge in [-0.15, -0.1) is 0 Å². The second-order valence-electron chi connectivity index (χ2n) is 5.87. The molecule has 1 unspecified atom stereocenters. The smallest absolute Gasteiger partial charge is 0.220 e. The minimum Gasteiger partial charge on any atom is -0.356 e. The zero-order chi connectivity index (χ0) is 13.9. The number of rotatable bonds is 9. The molecular weight excluding hydrogens is 238 g/mol. The second-order valence-corrected chi connectivity index (χ2v) is 5.87. The zero-order valence-corrected chi connectivity index (χ0v) is 12.5. The first-order valence-electron chi connectivity index (χ1n) is 7.91. The molecule has 112 valence electrons. The molecule has 0 aromatic heterocycles. The Kier molecular flexibility index (Phi) is 8.84.